The van der Waals surface area contributed by atoms with Crippen molar-refractivity contribution in [2.45, 2.75) is 46.5 Å². The number of aromatic nitrogens is 2. The van der Waals surface area contributed by atoms with Gasteiger partial charge < -0.3 is 5.11 Å². The van der Waals surface area contributed by atoms with E-state index in [4.69, 9.17) is 0 Å². The van der Waals surface area contributed by atoms with Crippen LogP contribution >= 0.6 is 0 Å². The molecule has 1 aromatic heterocycles. The molecule has 0 amide bonds. The summed E-state index contributed by atoms with van der Waals surface area (Å²) in [5.41, 5.74) is 6.70. The molecule has 1 aliphatic rings. The minimum atomic E-state index is -3.25. The van der Waals surface area contributed by atoms with Crippen LogP contribution in [0.4, 0.5) is 0 Å². The molecule has 0 radical (unpaired) electrons. The molecule has 142 valence electrons. The van der Waals surface area contributed by atoms with Gasteiger partial charge in [-0.1, -0.05) is 12.1 Å². The first-order valence-electron chi connectivity index (χ1n) is 8.84. The smallest absolute Gasteiger partial charge is 0.150 e. The van der Waals surface area contributed by atoms with E-state index in [9.17, 15) is 13.5 Å². The number of aliphatic hydroxyl groups excluding tert-OH is 1. The molecule has 1 aliphatic heterocycles. The van der Waals surface area contributed by atoms with Crippen molar-refractivity contribution in [1.29, 1.82) is 0 Å². The highest BCUT2D eigenvalue weighted by atomic mass is 32.2. The molecule has 0 saturated heterocycles. The first-order valence-corrected chi connectivity index (χ1v) is 10.9. The molecule has 1 atom stereocenters. The molecular formula is C19H27N3O3S. The van der Waals surface area contributed by atoms with Gasteiger partial charge in [-0.25, -0.2) is 8.42 Å². The van der Waals surface area contributed by atoms with E-state index < -0.39 is 15.9 Å². The van der Waals surface area contributed by atoms with E-state index in [1.54, 1.807) is 0 Å². The van der Waals surface area contributed by atoms with Crippen LogP contribution in [0.5, 0.6) is 0 Å². The second kappa shape index (κ2) is 7.13. The summed E-state index contributed by atoms with van der Waals surface area (Å²) in [5, 5.41) is 14.5. The quantitative estimate of drug-likeness (QED) is 0.861. The SMILES string of the molecule is Cc1cc(C)c(CN2CCn3nc(C(O)CS(C)(=O)=O)cc3C2)cc1C. The maximum absolute atomic E-state index is 11.4. The van der Waals surface area contributed by atoms with Gasteiger partial charge in [0.05, 0.1) is 23.7 Å². The Morgan fingerprint density at radius 1 is 1.12 bits per heavy atom. The number of hydrogen-bond donors (Lipinski definition) is 1. The van der Waals surface area contributed by atoms with Gasteiger partial charge in [-0.15, -0.1) is 0 Å². The summed E-state index contributed by atoms with van der Waals surface area (Å²) in [4.78, 5) is 2.36. The fraction of sp³-hybridized carbons (Fsp3) is 0.526. The molecule has 26 heavy (non-hydrogen) atoms. The second-order valence-electron chi connectivity index (χ2n) is 7.47. The van der Waals surface area contributed by atoms with E-state index in [0.29, 0.717) is 5.69 Å². The minimum Gasteiger partial charge on any atom is -0.386 e. The molecule has 7 heteroatoms. The lowest BCUT2D eigenvalue weighted by Gasteiger charge is -2.28. The largest absolute Gasteiger partial charge is 0.386 e. The van der Waals surface area contributed by atoms with Crippen LogP contribution in [0, 0.1) is 20.8 Å². The number of benzene rings is 1. The Balaban J connectivity index is 1.73. The van der Waals surface area contributed by atoms with Crippen molar-refractivity contribution in [3.05, 3.63) is 51.8 Å². The van der Waals surface area contributed by atoms with E-state index in [0.717, 1.165) is 38.1 Å². The molecule has 0 saturated carbocycles. The highest BCUT2D eigenvalue weighted by molar-refractivity contribution is 7.90. The van der Waals surface area contributed by atoms with Gasteiger partial charge >= 0.3 is 0 Å². The molecule has 2 aromatic rings. The third kappa shape index (κ3) is 4.34. The van der Waals surface area contributed by atoms with Gasteiger partial charge in [-0.05, 0) is 49.1 Å². The van der Waals surface area contributed by atoms with Gasteiger partial charge in [0.2, 0.25) is 0 Å². The number of nitrogens with zero attached hydrogens (tertiary/aromatic N) is 3. The molecule has 2 heterocycles. The number of rotatable bonds is 5. The van der Waals surface area contributed by atoms with Crippen LogP contribution in [-0.4, -0.2) is 46.8 Å². The number of aryl methyl sites for hydroxylation is 3. The van der Waals surface area contributed by atoms with E-state index >= 15 is 0 Å². The zero-order valence-electron chi connectivity index (χ0n) is 15.9. The lowest BCUT2D eigenvalue weighted by molar-refractivity contribution is 0.191. The summed E-state index contributed by atoms with van der Waals surface area (Å²) in [6.07, 6.45) is 0.0540. The fourth-order valence-corrected chi connectivity index (χ4v) is 4.19. The highest BCUT2D eigenvalue weighted by Crippen LogP contribution is 2.22. The lowest BCUT2D eigenvalue weighted by atomic mass is 10.0. The maximum Gasteiger partial charge on any atom is 0.150 e. The predicted molar refractivity (Wildman–Crippen MR) is 102 cm³/mol. The van der Waals surface area contributed by atoms with E-state index in [-0.39, 0.29) is 5.75 Å². The Bertz CT molecular complexity index is 918. The maximum atomic E-state index is 11.4. The summed E-state index contributed by atoms with van der Waals surface area (Å²) >= 11 is 0. The molecule has 0 bridgehead atoms. The van der Waals surface area contributed by atoms with Crippen LogP contribution in [0.2, 0.25) is 0 Å². The summed E-state index contributed by atoms with van der Waals surface area (Å²) in [7, 11) is -3.25. The van der Waals surface area contributed by atoms with Gasteiger partial charge in [0.15, 0.2) is 0 Å². The fourth-order valence-electron chi connectivity index (χ4n) is 3.44. The van der Waals surface area contributed by atoms with E-state index in [1.807, 2.05) is 10.7 Å². The van der Waals surface area contributed by atoms with Crippen molar-refractivity contribution < 1.29 is 13.5 Å². The van der Waals surface area contributed by atoms with Crippen molar-refractivity contribution in [3.8, 4) is 0 Å². The Morgan fingerprint density at radius 3 is 2.50 bits per heavy atom. The number of fused-ring (bicyclic) bond motifs is 1. The summed E-state index contributed by atoms with van der Waals surface area (Å²) in [6, 6.07) is 6.33. The second-order valence-corrected chi connectivity index (χ2v) is 9.65. The van der Waals surface area contributed by atoms with Crippen LogP contribution in [-0.2, 0) is 29.5 Å². The van der Waals surface area contributed by atoms with Gasteiger partial charge in [0.1, 0.15) is 15.9 Å². The minimum absolute atomic E-state index is 0.297. The molecule has 1 N–H and O–H groups in total. The van der Waals surface area contributed by atoms with Crippen LogP contribution in [0.25, 0.3) is 0 Å². The van der Waals surface area contributed by atoms with Crippen molar-refractivity contribution in [2.24, 2.45) is 0 Å². The van der Waals surface area contributed by atoms with Crippen LogP contribution < -0.4 is 0 Å². The average Bonchev–Trinajstić information content (AvgIpc) is 2.94. The highest BCUT2D eigenvalue weighted by Gasteiger charge is 2.23. The van der Waals surface area contributed by atoms with E-state index in [2.05, 4.69) is 42.9 Å². The molecule has 0 aliphatic carbocycles. The third-order valence-electron chi connectivity index (χ3n) is 5.04. The molecule has 1 aromatic carbocycles. The van der Waals surface area contributed by atoms with E-state index in [1.165, 1.54) is 22.3 Å². The predicted octanol–water partition coefficient (Wildman–Crippen LogP) is 1.90. The number of aliphatic hydroxyl groups is 1. The first kappa shape index (κ1) is 19.1. The van der Waals surface area contributed by atoms with Crippen molar-refractivity contribution >= 4 is 9.84 Å². The topological polar surface area (TPSA) is 75.4 Å². The third-order valence-corrected chi connectivity index (χ3v) is 5.97. The van der Waals surface area contributed by atoms with Gasteiger partial charge in [-0.2, -0.15) is 5.10 Å². The Labute approximate surface area is 155 Å². The van der Waals surface area contributed by atoms with Gasteiger partial charge in [-0.3, -0.25) is 9.58 Å². The zero-order chi connectivity index (χ0) is 19.1. The van der Waals surface area contributed by atoms with Crippen molar-refractivity contribution in [2.75, 3.05) is 18.6 Å². The van der Waals surface area contributed by atoms with Crippen LogP contribution in [0.15, 0.2) is 18.2 Å². The molecule has 0 fully saturated rings. The number of hydrogen-bond acceptors (Lipinski definition) is 5. The Kier molecular flexibility index (Phi) is 5.23. The standard InChI is InChI=1S/C19H27N3O3S/c1-13-7-15(3)16(8-14(13)2)10-21-5-6-22-17(11-21)9-18(20-22)19(23)12-26(4,24)25/h7-9,19,23H,5-6,10-12H2,1-4H3. The van der Waals surface area contributed by atoms with Gasteiger partial charge in [0, 0.05) is 25.9 Å². The first-order chi connectivity index (χ1) is 12.1. The van der Waals surface area contributed by atoms with Gasteiger partial charge in [0.25, 0.3) is 0 Å². The summed E-state index contributed by atoms with van der Waals surface area (Å²) in [5.74, 6) is -0.297. The van der Waals surface area contributed by atoms with Crippen molar-refractivity contribution in [3.63, 3.8) is 0 Å². The summed E-state index contributed by atoms with van der Waals surface area (Å²) in [6.45, 7) is 9.65. The molecule has 6 nitrogen and oxygen atoms in total. The average molecular weight is 378 g/mol. The number of sulfone groups is 1. The Morgan fingerprint density at radius 2 is 1.81 bits per heavy atom. The lowest BCUT2D eigenvalue weighted by Crippen LogP contribution is -2.33. The zero-order valence-corrected chi connectivity index (χ0v) is 16.7. The van der Waals surface area contributed by atoms with Crippen LogP contribution in [0.3, 0.4) is 0 Å². The molecule has 1 unspecified atom stereocenters. The molecule has 0 spiro atoms. The van der Waals surface area contributed by atoms with Crippen LogP contribution in [0.1, 0.15) is 39.7 Å². The normalized spacial score (nSPS) is 16.5. The monoisotopic (exact) mass is 377 g/mol. The van der Waals surface area contributed by atoms with Crippen molar-refractivity contribution in [1.82, 2.24) is 14.7 Å². The molecule has 3 rings (SSSR count). The molecular weight excluding hydrogens is 350 g/mol. The Hall–Kier alpha value is -1.70. The summed E-state index contributed by atoms with van der Waals surface area (Å²) < 4.78 is 24.7.